The summed E-state index contributed by atoms with van der Waals surface area (Å²) in [5.41, 5.74) is 1.05. The molecule has 1 aromatic heterocycles. The number of hydrogen-bond acceptors (Lipinski definition) is 4. The molecule has 112 valence electrons. The summed E-state index contributed by atoms with van der Waals surface area (Å²) < 4.78 is 28.5. The Hall–Kier alpha value is -1.41. The van der Waals surface area contributed by atoms with Crippen molar-refractivity contribution in [1.29, 1.82) is 0 Å². The van der Waals surface area contributed by atoms with Crippen LogP contribution in [-0.4, -0.2) is 47.5 Å². The van der Waals surface area contributed by atoms with Gasteiger partial charge < -0.3 is 5.32 Å². The number of carbonyl (C=O) groups excluding carboxylic acids is 1. The van der Waals surface area contributed by atoms with Gasteiger partial charge in [-0.25, -0.2) is 8.42 Å². The van der Waals surface area contributed by atoms with E-state index in [1.165, 1.54) is 4.31 Å². The Bertz CT molecular complexity index is 635. The minimum absolute atomic E-state index is 0.216. The van der Waals surface area contributed by atoms with Gasteiger partial charge in [-0.2, -0.15) is 9.40 Å². The topological polar surface area (TPSA) is 84.3 Å². The third-order valence-corrected chi connectivity index (χ3v) is 5.84. The zero-order valence-electron chi connectivity index (χ0n) is 12.2. The Morgan fingerprint density at radius 1 is 1.40 bits per heavy atom. The molecule has 0 saturated carbocycles. The van der Waals surface area contributed by atoms with E-state index >= 15 is 0 Å². The number of carbonyl (C=O) groups is 1. The third kappa shape index (κ3) is 2.22. The van der Waals surface area contributed by atoms with E-state index in [-0.39, 0.29) is 10.8 Å². The van der Waals surface area contributed by atoms with Crippen LogP contribution in [0.15, 0.2) is 4.90 Å². The van der Waals surface area contributed by atoms with E-state index in [0.717, 1.165) is 0 Å². The average molecular weight is 300 g/mol. The van der Waals surface area contributed by atoms with Gasteiger partial charge in [0.2, 0.25) is 15.9 Å². The number of hydrogen-bond donors (Lipinski definition) is 1. The Morgan fingerprint density at radius 2 is 2.05 bits per heavy atom. The normalized spacial score (nSPS) is 21.0. The van der Waals surface area contributed by atoms with Gasteiger partial charge in [-0.15, -0.1) is 0 Å². The molecule has 0 radical (unpaired) electrons. The first-order valence-electron chi connectivity index (χ1n) is 6.60. The Kier molecular flexibility index (Phi) is 3.88. The van der Waals surface area contributed by atoms with Crippen molar-refractivity contribution in [2.45, 2.75) is 38.1 Å². The Morgan fingerprint density at radius 3 is 2.55 bits per heavy atom. The number of piperazine rings is 1. The summed E-state index contributed by atoms with van der Waals surface area (Å²) in [4.78, 5) is 12.1. The fourth-order valence-corrected chi connectivity index (χ4v) is 4.68. The number of rotatable bonds is 3. The van der Waals surface area contributed by atoms with Crippen molar-refractivity contribution in [3.8, 4) is 0 Å². The molecule has 20 heavy (non-hydrogen) atoms. The number of sulfonamides is 1. The maximum absolute atomic E-state index is 12.8. The second kappa shape index (κ2) is 5.17. The van der Waals surface area contributed by atoms with Crippen LogP contribution in [-0.2, 0) is 21.9 Å². The van der Waals surface area contributed by atoms with Gasteiger partial charge in [-0.1, -0.05) is 6.92 Å². The molecule has 0 aromatic carbocycles. The van der Waals surface area contributed by atoms with Gasteiger partial charge in [0.15, 0.2) is 0 Å². The van der Waals surface area contributed by atoms with Crippen molar-refractivity contribution in [3.05, 3.63) is 11.4 Å². The van der Waals surface area contributed by atoms with Gasteiger partial charge in [0, 0.05) is 20.1 Å². The van der Waals surface area contributed by atoms with Gasteiger partial charge in [-0.05, 0) is 20.3 Å². The van der Waals surface area contributed by atoms with Gasteiger partial charge in [0.1, 0.15) is 10.9 Å². The fraction of sp³-hybridized carbons (Fsp3) is 0.667. The van der Waals surface area contributed by atoms with Crippen molar-refractivity contribution < 1.29 is 13.2 Å². The molecule has 1 saturated heterocycles. The number of nitrogens with one attached hydrogen (secondary N) is 1. The van der Waals surface area contributed by atoms with Crippen LogP contribution in [0.4, 0.5) is 0 Å². The molecule has 7 nitrogen and oxygen atoms in total. The van der Waals surface area contributed by atoms with Crippen molar-refractivity contribution in [3.63, 3.8) is 0 Å². The Labute approximate surface area is 119 Å². The molecule has 1 aliphatic heterocycles. The van der Waals surface area contributed by atoms with Crippen LogP contribution >= 0.6 is 0 Å². The lowest BCUT2D eigenvalue weighted by molar-refractivity contribution is -0.126. The molecule has 2 rings (SSSR count). The maximum Gasteiger partial charge on any atom is 0.247 e. The summed E-state index contributed by atoms with van der Waals surface area (Å²) in [7, 11) is -2.00. The number of nitrogens with zero attached hydrogens (tertiary/aromatic N) is 3. The molecule has 1 atom stereocenters. The minimum Gasteiger partial charge on any atom is -0.353 e. The average Bonchev–Trinajstić information content (AvgIpc) is 2.63. The quantitative estimate of drug-likeness (QED) is 0.847. The first-order chi connectivity index (χ1) is 9.30. The molecule has 1 aromatic rings. The second-order valence-electron chi connectivity index (χ2n) is 4.95. The molecule has 1 aliphatic rings. The molecule has 0 bridgehead atoms. The van der Waals surface area contributed by atoms with E-state index in [1.807, 2.05) is 0 Å². The van der Waals surface area contributed by atoms with Crippen molar-refractivity contribution in [2.75, 3.05) is 13.1 Å². The highest BCUT2D eigenvalue weighted by molar-refractivity contribution is 7.89. The summed E-state index contributed by atoms with van der Waals surface area (Å²) in [6.45, 7) is 5.83. The zero-order chi connectivity index (χ0) is 15.1. The first kappa shape index (κ1) is 15.0. The van der Waals surface area contributed by atoms with Crippen molar-refractivity contribution in [1.82, 2.24) is 19.4 Å². The molecule has 8 heteroatoms. The summed E-state index contributed by atoms with van der Waals surface area (Å²) in [5.74, 6) is -0.235. The summed E-state index contributed by atoms with van der Waals surface area (Å²) in [6, 6.07) is -0.646. The van der Waals surface area contributed by atoms with E-state index in [0.29, 0.717) is 30.9 Å². The van der Waals surface area contributed by atoms with Crippen molar-refractivity contribution in [2.24, 2.45) is 7.05 Å². The standard InChI is InChI=1S/C12H20N4O3S/c1-5-10-12(17)13-6-7-16(10)20(18,19)11-8(2)14-15(4)9(11)3/h10H,5-7H2,1-4H3,(H,13,17). The van der Waals surface area contributed by atoms with Gasteiger partial charge in [-0.3, -0.25) is 9.48 Å². The molecule has 0 spiro atoms. The van der Waals surface area contributed by atoms with E-state index in [9.17, 15) is 13.2 Å². The van der Waals surface area contributed by atoms with E-state index in [2.05, 4.69) is 10.4 Å². The third-order valence-electron chi connectivity index (χ3n) is 3.68. The molecule has 1 amide bonds. The molecule has 1 fully saturated rings. The lowest BCUT2D eigenvalue weighted by atomic mass is 10.2. The van der Waals surface area contributed by atoms with Crippen LogP contribution in [0.25, 0.3) is 0 Å². The Balaban J connectivity index is 2.51. The van der Waals surface area contributed by atoms with Crippen molar-refractivity contribution >= 4 is 15.9 Å². The summed E-state index contributed by atoms with van der Waals surface area (Å²) in [5, 5.41) is 6.86. The predicted molar refractivity (Wildman–Crippen MR) is 73.7 cm³/mol. The van der Waals surface area contributed by atoms with Gasteiger partial charge in [0.05, 0.1) is 11.4 Å². The van der Waals surface area contributed by atoms with E-state index in [4.69, 9.17) is 0 Å². The van der Waals surface area contributed by atoms with Crippen LogP contribution < -0.4 is 5.32 Å². The zero-order valence-corrected chi connectivity index (χ0v) is 13.0. The molecule has 2 heterocycles. The SMILES string of the molecule is CCC1C(=O)NCCN1S(=O)(=O)c1c(C)nn(C)c1C. The number of aromatic nitrogens is 2. The highest BCUT2D eigenvalue weighted by atomic mass is 32.2. The molecular formula is C12H20N4O3S. The van der Waals surface area contributed by atoms with Crippen LogP contribution in [0.1, 0.15) is 24.7 Å². The smallest absolute Gasteiger partial charge is 0.247 e. The molecular weight excluding hydrogens is 280 g/mol. The fourth-order valence-electron chi connectivity index (χ4n) is 2.62. The van der Waals surface area contributed by atoms with Crippen LogP contribution in [0.2, 0.25) is 0 Å². The van der Waals surface area contributed by atoms with Crippen LogP contribution in [0.3, 0.4) is 0 Å². The van der Waals surface area contributed by atoms with Crippen LogP contribution in [0, 0.1) is 13.8 Å². The van der Waals surface area contributed by atoms with Gasteiger partial charge in [0.25, 0.3) is 0 Å². The highest BCUT2D eigenvalue weighted by Gasteiger charge is 2.39. The predicted octanol–water partition coefficient (Wildman–Crippen LogP) is -0.0640. The molecule has 1 N–H and O–H groups in total. The monoisotopic (exact) mass is 300 g/mol. The highest BCUT2D eigenvalue weighted by Crippen LogP contribution is 2.26. The number of amides is 1. The van der Waals surface area contributed by atoms with Gasteiger partial charge >= 0.3 is 0 Å². The van der Waals surface area contributed by atoms with Crippen LogP contribution in [0.5, 0.6) is 0 Å². The summed E-state index contributed by atoms with van der Waals surface area (Å²) in [6.07, 6.45) is 0.448. The molecule has 0 aliphatic carbocycles. The largest absolute Gasteiger partial charge is 0.353 e. The molecule has 1 unspecified atom stereocenters. The van der Waals surface area contributed by atoms with E-state index in [1.54, 1.807) is 32.5 Å². The number of aryl methyl sites for hydroxylation is 2. The lowest BCUT2D eigenvalue weighted by Crippen LogP contribution is -2.56. The first-order valence-corrected chi connectivity index (χ1v) is 8.04. The van der Waals surface area contributed by atoms with E-state index < -0.39 is 16.1 Å². The lowest BCUT2D eigenvalue weighted by Gasteiger charge is -2.33. The summed E-state index contributed by atoms with van der Waals surface area (Å²) >= 11 is 0. The maximum atomic E-state index is 12.8. The minimum atomic E-state index is -3.71. The second-order valence-corrected chi connectivity index (χ2v) is 6.78.